The number of esters is 1. The summed E-state index contributed by atoms with van der Waals surface area (Å²) in [7, 11) is 1.35. The van der Waals surface area contributed by atoms with Crippen molar-refractivity contribution in [3.05, 3.63) is 65.4 Å². The number of carboxylic acid groups (broad SMARTS) is 1. The number of hydrazone groups is 1. The average Bonchev–Trinajstić information content (AvgIpc) is 3.31. The summed E-state index contributed by atoms with van der Waals surface area (Å²) in [5, 5.41) is 15.5. The van der Waals surface area contributed by atoms with Gasteiger partial charge in [-0.15, -0.1) is 0 Å². The molecule has 1 aliphatic rings. The highest BCUT2D eigenvalue weighted by molar-refractivity contribution is 6.32. The summed E-state index contributed by atoms with van der Waals surface area (Å²) >= 11 is 0. The first-order valence-corrected chi connectivity index (χ1v) is 10.7. The van der Waals surface area contributed by atoms with Crippen LogP contribution in [0.2, 0.25) is 0 Å². The van der Waals surface area contributed by atoms with Crippen molar-refractivity contribution in [2.45, 2.75) is 26.3 Å². The third kappa shape index (κ3) is 3.92. The number of amides is 1. The first kappa shape index (κ1) is 22.8. The molecule has 1 aliphatic heterocycles. The van der Waals surface area contributed by atoms with Gasteiger partial charge in [0.05, 0.1) is 29.6 Å². The molecule has 34 heavy (non-hydrogen) atoms. The molecule has 0 saturated heterocycles. The fraction of sp³-hybridized carbons (Fsp3) is 0.200. The molecule has 3 aromatic rings. The number of aromatic carboxylic acids is 1. The molecule has 2 aromatic carbocycles. The standard InChI is InChI=1S/C25H24N4O5/c1-4-21(25(33)34-3)28-13-16(20-12-17(26)7-10-22(20)28)11-19-14(2)27-29(23(19)30)18-8-5-15(6-9-18)24(31)32/h5-13,21H,4,26H2,1-3H3,(H,31,32)/b19-11-. The number of methoxy groups -OCH3 is 1. The summed E-state index contributed by atoms with van der Waals surface area (Å²) in [6.45, 7) is 3.62. The zero-order valence-corrected chi connectivity index (χ0v) is 19.0. The second kappa shape index (κ2) is 8.86. The Morgan fingerprint density at radius 3 is 2.53 bits per heavy atom. The van der Waals surface area contributed by atoms with Crippen LogP contribution in [0, 0.1) is 0 Å². The second-order valence-electron chi connectivity index (χ2n) is 7.93. The van der Waals surface area contributed by atoms with Gasteiger partial charge in [0.2, 0.25) is 0 Å². The summed E-state index contributed by atoms with van der Waals surface area (Å²) < 4.78 is 6.81. The van der Waals surface area contributed by atoms with Gasteiger partial charge in [-0.2, -0.15) is 10.1 Å². The maximum absolute atomic E-state index is 13.2. The van der Waals surface area contributed by atoms with Crippen molar-refractivity contribution in [1.82, 2.24) is 4.57 Å². The Hall–Kier alpha value is -4.40. The van der Waals surface area contributed by atoms with E-state index in [1.807, 2.05) is 23.8 Å². The quantitative estimate of drug-likeness (QED) is 0.327. The number of carbonyl (C=O) groups excluding carboxylic acids is 2. The number of hydrogen-bond donors (Lipinski definition) is 2. The molecule has 4 rings (SSSR count). The number of nitrogens with two attached hydrogens (primary N) is 1. The molecular formula is C25H24N4O5. The molecule has 1 atom stereocenters. The Kier molecular flexibility index (Phi) is 5.93. The summed E-state index contributed by atoms with van der Waals surface area (Å²) in [5.74, 6) is -1.75. The molecule has 9 heteroatoms. The van der Waals surface area contributed by atoms with Crippen LogP contribution in [0.15, 0.2) is 59.3 Å². The van der Waals surface area contributed by atoms with E-state index in [9.17, 15) is 14.4 Å². The van der Waals surface area contributed by atoms with E-state index < -0.39 is 12.0 Å². The van der Waals surface area contributed by atoms with Gasteiger partial charge in [-0.3, -0.25) is 4.79 Å². The van der Waals surface area contributed by atoms with Gasteiger partial charge in [0, 0.05) is 28.4 Å². The van der Waals surface area contributed by atoms with Crippen LogP contribution in [-0.2, 0) is 14.3 Å². The molecule has 0 bridgehead atoms. The predicted octanol–water partition coefficient (Wildman–Crippen LogP) is 3.85. The van der Waals surface area contributed by atoms with Gasteiger partial charge >= 0.3 is 11.9 Å². The van der Waals surface area contributed by atoms with Crippen molar-refractivity contribution in [2.24, 2.45) is 5.10 Å². The number of ether oxygens (including phenoxy) is 1. The molecule has 174 valence electrons. The fourth-order valence-electron chi connectivity index (χ4n) is 4.04. The highest BCUT2D eigenvalue weighted by Crippen LogP contribution is 2.32. The topological polar surface area (TPSA) is 127 Å². The Morgan fingerprint density at radius 2 is 1.91 bits per heavy atom. The van der Waals surface area contributed by atoms with E-state index in [1.54, 1.807) is 25.1 Å². The van der Waals surface area contributed by atoms with E-state index >= 15 is 0 Å². The lowest BCUT2D eigenvalue weighted by molar-refractivity contribution is -0.144. The molecule has 1 unspecified atom stereocenters. The molecular weight excluding hydrogens is 436 g/mol. The van der Waals surface area contributed by atoms with Crippen LogP contribution >= 0.6 is 0 Å². The van der Waals surface area contributed by atoms with Crippen molar-refractivity contribution in [2.75, 3.05) is 17.9 Å². The molecule has 1 amide bonds. The molecule has 9 nitrogen and oxygen atoms in total. The average molecular weight is 460 g/mol. The molecule has 1 aromatic heterocycles. The van der Waals surface area contributed by atoms with Gasteiger partial charge in [-0.25, -0.2) is 9.59 Å². The number of rotatable bonds is 6. The van der Waals surface area contributed by atoms with Crippen molar-refractivity contribution >= 4 is 51.9 Å². The zero-order chi connectivity index (χ0) is 24.6. The van der Waals surface area contributed by atoms with Crippen LogP contribution in [0.1, 0.15) is 42.2 Å². The lowest BCUT2D eigenvalue weighted by atomic mass is 10.1. The number of benzene rings is 2. The lowest BCUT2D eigenvalue weighted by Gasteiger charge is -2.15. The molecule has 0 saturated carbocycles. The Morgan fingerprint density at radius 1 is 1.21 bits per heavy atom. The van der Waals surface area contributed by atoms with Crippen LogP contribution in [0.25, 0.3) is 17.0 Å². The van der Waals surface area contributed by atoms with Crippen LogP contribution in [0.4, 0.5) is 11.4 Å². The van der Waals surface area contributed by atoms with Crippen molar-refractivity contribution in [3.63, 3.8) is 0 Å². The maximum Gasteiger partial charge on any atom is 0.335 e. The molecule has 2 heterocycles. The minimum absolute atomic E-state index is 0.119. The smallest absolute Gasteiger partial charge is 0.335 e. The van der Waals surface area contributed by atoms with Crippen molar-refractivity contribution in [1.29, 1.82) is 0 Å². The molecule has 0 aliphatic carbocycles. The summed E-state index contributed by atoms with van der Waals surface area (Å²) in [4.78, 5) is 36.7. The summed E-state index contributed by atoms with van der Waals surface area (Å²) in [5.41, 5.74) is 9.56. The van der Waals surface area contributed by atoms with Crippen molar-refractivity contribution < 1.29 is 24.2 Å². The number of nitrogens with zero attached hydrogens (tertiary/aromatic N) is 3. The highest BCUT2D eigenvalue weighted by Gasteiger charge is 2.30. The van der Waals surface area contributed by atoms with E-state index in [-0.39, 0.29) is 17.4 Å². The molecule has 0 spiro atoms. The van der Waals surface area contributed by atoms with Gasteiger partial charge < -0.3 is 20.1 Å². The predicted molar refractivity (Wildman–Crippen MR) is 130 cm³/mol. The van der Waals surface area contributed by atoms with Crippen LogP contribution in [0.5, 0.6) is 0 Å². The largest absolute Gasteiger partial charge is 0.478 e. The van der Waals surface area contributed by atoms with E-state index in [2.05, 4.69) is 5.10 Å². The van der Waals surface area contributed by atoms with Gasteiger partial charge in [-0.05, 0) is 61.9 Å². The lowest BCUT2D eigenvalue weighted by Crippen LogP contribution is -2.21. The van der Waals surface area contributed by atoms with Crippen LogP contribution in [0.3, 0.4) is 0 Å². The highest BCUT2D eigenvalue weighted by atomic mass is 16.5. The number of aromatic nitrogens is 1. The minimum atomic E-state index is -1.05. The Bertz CT molecular complexity index is 1370. The number of hydrogen-bond acceptors (Lipinski definition) is 6. The number of fused-ring (bicyclic) bond motifs is 1. The Balaban J connectivity index is 1.77. The van der Waals surface area contributed by atoms with Gasteiger partial charge in [0.15, 0.2) is 0 Å². The van der Waals surface area contributed by atoms with Gasteiger partial charge in [0.1, 0.15) is 6.04 Å². The minimum Gasteiger partial charge on any atom is -0.478 e. The third-order valence-corrected chi connectivity index (χ3v) is 5.80. The van der Waals surface area contributed by atoms with E-state index in [1.165, 1.54) is 36.4 Å². The zero-order valence-electron chi connectivity index (χ0n) is 19.0. The Labute approximate surface area is 195 Å². The number of anilines is 2. The fourth-order valence-corrected chi connectivity index (χ4v) is 4.04. The monoisotopic (exact) mass is 460 g/mol. The van der Waals surface area contributed by atoms with Gasteiger partial charge in [0.25, 0.3) is 5.91 Å². The maximum atomic E-state index is 13.2. The SMILES string of the molecule is CCC(C(=O)OC)n1cc(/C=C2\C(=O)N(c3ccc(C(=O)O)cc3)N=C2C)c2cc(N)ccc21. The summed E-state index contributed by atoms with van der Waals surface area (Å²) in [6.07, 6.45) is 4.07. The van der Waals surface area contributed by atoms with E-state index in [0.717, 1.165) is 10.9 Å². The van der Waals surface area contributed by atoms with E-state index in [4.69, 9.17) is 15.6 Å². The molecule has 3 N–H and O–H groups in total. The number of carboxylic acids is 1. The second-order valence-corrected chi connectivity index (χ2v) is 7.93. The number of carbonyl (C=O) groups is 3. The van der Waals surface area contributed by atoms with Crippen LogP contribution in [-0.4, -0.2) is 40.3 Å². The first-order valence-electron chi connectivity index (χ1n) is 10.7. The van der Waals surface area contributed by atoms with Crippen LogP contribution < -0.4 is 10.7 Å². The third-order valence-electron chi connectivity index (χ3n) is 5.80. The van der Waals surface area contributed by atoms with Crippen molar-refractivity contribution in [3.8, 4) is 0 Å². The first-order chi connectivity index (χ1) is 16.2. The van der Waals surface area contributed by atoms with Gasteiger partial charge in [-0.1, -0.05) is 6.92 Å². The normalized spacial score (nSPS) is 15.6. The number of nitrogen functional groups attached to an aromatic ring is 1. The van der Waals surface area contributed by atoms with E-state index in [0.29, 0.717) is 34.6 Å². The molecule has 0 radical (unpaired) electrons. The summed E-state index contributed by atoms with van der Waals surface area (Å²) in [6, 6.07) is 10.8. The molecule has 0 fully saturated rings.